The number of hydrogen-bond acceptors (Lipinski definition) is 2. The molecule has 0 bridgehead atoms. The van der Waals surface area contributed by atoms with Gasteiger partial charge < -0.3 is 10.6 Å². The summed E-state index contributed by atoms with van der Waals surface area (Å²) in [5.41, 5.74) is 6.12. The van der Waals surface area contributed by atoms with Crippen molar-refractivity contribution in [1.82, 2.24) is 4.90 Å². The van der Waals surface area contributed by atoms with E-state index in [9.17, 15) is 0 Å². The summed E-state index contributed by atoms with van der Waals surface area (Å²) in [5, 5.41) is 0. The van der Waals surface area contributed by atoms with Crippen LogP contribution in [0.1, 0.15) is 59.3 Å². The zero-order valence-electron chi connectivity index (χ0n) is 12.3. The van der Waals surface area contributed by atoms with Gasteiger partial charge in [0.05, 0.1) is 0 Å². The highest BCUT2D eigenvalue weighted by Gasteiger charge is 2.32. The highest BCUT2D eigenvalue weighted by atomic mass is 15.1. The molecule has 0 aliphatic heterocycles. The maximum atomic E-state index is 5.58. The molecule has 102 valence electrons. The Hall–Kier alpha value is -0.0800. The fourth-order valence-electron chi connectivity index (χ4n) is 3.11. The van der Waals surface area contributed by atoms with Crippen LogP contribution in [-0.2, 0) is 0 Å². The monoisotopic (exact) mass is 240 g/mol. The van der Waals surface area contributed by atoms with Gasteiger partial charge in [0.2, 0.25) is 0 Å². The molecule has 0 amide bonds. The molecular formula is C15H32N2. The molecule has 2 N–H and O–H groups in total. The molecule has 0 aromatic heterocycles. The lowest BCUT2D eigenvalue weighted by molar-refractivity contribution is 0.0977. The van der Waals surface area contributed by atoms with Crippen molar-refractivity contribution < 1.29 is 0 Å². The first-order valence-electron chi connectivity index (χ1n) is 7.41. The second kappa shape index (κ2) is 6.75. The highest BCUT2D eigenvalue weighted by molar-refractivity contribution is 4.85. The van der Waals surface area contributed by atoms with Gasteiger partial charge in [-0.1, -0.05) is 27.2 Å². The molecule has 0 saturated heterocycles. The van der Waals surface area contributed by atoms with Crippen molar-refractivity contribution in [2.75, 3.05) is 20.1 Å². The van der Waals surface area contributed by atoms with Crippen molar-refractivity contribution >= 4 is 0 Å². The van der Waals surface area contributed by atoms with Gasteiger partial charge in [-0.05, 0) is 63.6 Å². The predicted octanol–water partition coefficient (Wildman–Crippen LogP) is 3.26. The normalized spacial score (nSPS) is 26.5. The van der Waals surface area contributed by atoms with E-state index in [1.54, 1.807) is 0 Å². The molecule has 0 unspecified atom stereocenters. The van der Waals surface area contributed by atoms with Gasteiger partial charge in [-0.25, -0.2) is 0 Å². The zero-order valence-corrected chi connectivity index (χ0v) is 12.3. The Morgan fingerprint density at radius 1 is 1.18 bits per heavy atom. The van der Waals surface area contributed by atoms with Crippen LogP contribution in [0.25, 0.3) is 0 Å². The molecule has 1 aliphatic carbocycles. The zero-order chi connectivity index (χ0) is 12.9. The molecule has 17 heavy (non-hydrogen) atoms. The second-order valence-corrected chi connectivity index (χ2v) is 6.47. The highest BCUT2D eigenvalue weighted by Crippen LogP contribution is 2.41. The maximum absolute atomic E-state index is 5.58. The summed E-state index contributed by atoms with van der Waals surface area (Å²) >= 11 is 0. The maximum Gasteiger partial charge on any atom is 0.00924 e. The third-order valence-electron chi connectivity index (χ3n) is 5.05. The van der Waals surface area contributed by atoms with Crippen LogP contribution in [0.5, 0.6) is 0 Å². The van der Waals surface area contributed by atoms with Crippen LogP contribution in [0.3, 0.4) is 0 Å². The lowest BCUT2D eigenvalue weighted by Crippen LogP contribution is -2.38. The Morgan fingerprint density at radius 3 is 2.24 bits per heavy atom. The van der Waals surface area contributed by atoms with Gasteiger partial charge in [-0.2, -0.15) is 0 Å². The molecule has 2 nitrogen and oxygen atoms in total. The van der Waals surface area contributed by atoms with Gasteiger partial charge in [0.25, 0.3) is 0 Å². The SMILES string of the molecule is CCC(C)(C)C1CCC(N(C)CCCN)CC1. The molecular weight excluding hydrogens is 208 g/mol. The lowest BCUT2D eigenvalue weighted by atomic mass is 9.69. The molecule has 2 heteroatoms. The van der Waals surface area contributed by atoms with E-state index in [1.165, 1.54) is 38.6 Å². The van der Waals surface area contributed by atoms with Crippen molar-refractivity contribution in [2.24, 2.45) is 17.1 Å². The van der Waals surface area contributed by atoms with Crippen molar-refractivity contribution in [2.45, 2.75) is 65.3 Å². The Labute approximate surface area is 108 Å². The van der Waals surface area contributed by atoms with E-state index < -0.39 is 0 Å². The van der Waals surface area contributed by atoms with Crippen molar-refractivity contribution in [3.05, 3.63) is 0 Å². The van der Waals surface area contributed by atoms with E-state index in [4.69, 9.17) is 5.73 Å². The summed E-state index contributed by atoms with van der Waals surface area (Å²) in [4.78, 5) is 2.53. The van der Waals surface area contributed by atoms with Crippen LogP contribution in [-0.4, -0.2) is 31.1 Å². The molecule has 0 aromatic rings. The number of rotatable bonds is 6. The van der Waals surface area contributed by atoms with Gasteiger partial charge in [-0.15, -0.1) is 0 Å². The Kier molecular flexibility index (Phi) is 5.94. The van der Waals surface area contributed by atoms with Crippen molar-refractivity contribution in [3.8, 4) is 0 Å². The molecule has 0 aromatic carbocycles. The third-order valence-corrected chi connectivity index (χ3v) is 5.05. The van der Waals surface area contributed by atoms with Crippen LogP contribution >= 0.6 is 0 Å². The van der Waals surface area contributed by atoms with Gasteiger partial charge in [0.15, 0.2) is 0 Å². The molecule has 1 fully saturated rings. The quantitative estimate of drug-likeness (QED) is 0.772. The molecule has 0 heterocycles. The van der Waals surface area contributed by atoms with Crippen LogP contribution in [0.2, 0.25) is 0 Å². The predicted molar refractivity (Wildman–Crippen MR) is 76.1 cm³/mol. The average Bonchev–Trinajstić information content (AvgIpc) is 2.36. The minimum Gasteiger partial charge on any atom is -0.330 e. The molecule has 1 saturated carbocycles. The summed E-state index contributed by atoms with van der Waals surface area (Å²) in [5.74, 6) is 0.937. The summed E-state index contributed by atoms with van der Waals surface area (Å²) in [6.07, 6.45) is 8.05. The van der Waals surface area contributed by atoms with E-state index in [0.717, 1.165) is 24.9 Å². The molecule has 0 radical (unpaired) electrons. The number of hydrogen-bond donors (Lipinski definition) is 1. The summed E-state index contributed by atoms with van der Waals surface area (Å²) < 4.78 is 0. The van der Waals surface area contributed by atoms with Crippen molar-refractivity contribution in [1.29, 1.82) is 0 Å². The molecule has 1 aliphatic rings. The molecule has 0 atom stereocenters. The average molecular weight is 240 g/mol. The topological polar surface area (TPSA) is 29.3 Å². The van der Waals surface area contributed by atoms with E-state index in [-0.39, 0.29) is 0 Å². The third kappa shape index (κ3) is 4.26. The van der Waals surface area contributed by atoms with Crippen LogP contribution in [0.15, 0.2) is 0 Å². The Bertz CT molecular complexity index is 205. The minimum absolute atomic E-state index is 0.542. The standard InChI is InChI=1S/C15H32N2/c1-5-15(2,3)13-7-9-14(10-8-13)17(4)12-6-11-16/h13-14H,5-12,16H2,1-4H3. The largest absolute Gasteiger partial charge is 0.330 e. The minimum atomic E-state index is 0.542. The number of nitrogens with two attached hydrogens (primary N) is 1. The molecule has 0 spiro atoms. The fraction of sp³-hybridized carbons (Fsp3) is 1.00. The Morgan fingerprint density at radius 2 is 1.76 bits per heavy atom. The fourth-order valence-corrected chi connectivity index (χ4v) is 3.11. The number of nitrogens with zero attached hydrogens (tertiary/aromatic N) is 1. The first-order valence-corrected chi connectivity index (χ1v) is 7.41. The van der Waals surface area contributed by atoms with Crippen LogP contribution in [0, 0.1) is 11.3 Å². The van der Waals surface area contributed by atoms with Gasteiger partial charge in [0, 0.05) is 6.04 Å². The van der Waals surface area contributed by atoms with E-state index >= 15 is 0 Å². The Balaban J connectivity index is 2.35. The van der Waals surface area contributed by atoms with Crippen LogP contribution < -0.4 is 5.73 Å². The van der Waals surface area contributed by atoms with Gasteiger partial charge in [-0.3, -0.25) is 0 Å². The molecule has 1 rings (SSSR count). The van der Waals surface area contributed by atoms with Gasteiger partial charge >= 0.3 is 0 Å². The second-order valence-electron chi connectivity index (χ2n) is 6.47. The van der Waals surface area contributed by atoms with E-state index in [0.29, 0.717) is 5.41 Å². The van der Waals surface area contributed by atoms with Crippen molar-refractivity contribution in [3.63, 3.8) is 0 Å². The summed E-state index contributed by atoms with van der Waals surface area (Å²) in [7, 11) is 2.27. The first-order chi connectivity index (χ1) is 8.01. The van der Waals surface area contributed by atoms with E-state index in [2.05, 4.69) is 32.7 Å². The van der Waals surface area contributed by atoms with Gasteiger partial charge in [0.1, 0.15) is 0 Å². The van der Waals surface area contributed by atoms with E-state index in [1.807, 2.05) is 0 Å². The first kappa shape index (κ1) is 15.0. The smallest absolute Gasteiger partial charge is 0.00924 e. The lowest BCUT2D eigenvalue weighted by Gasteiger charge is -2.41. The summed E-state index contributed by atoms with van der Waals surface area (Å²) in [6, 6.07) is 0.811. The summed E-state index contributed by atoms with van der Waals surface area (Å²) in [6.45, 7) is 9.21. The van der Waals surface area contributed by atoms with Crippen LogP contribution in [0.4, 0.5) is 0 Å².